The maximum atomic E-state index is 13.3. The number of nitrogens with zero attached hydrogens (tertiary/aromatic N) is 4. The molecule has 0 N–H and O–H groups in total. The van der Waals surface area contributed by atoms with Crippen molar-refractivity contribution in [3.63, 3.8) is 0 Å². The maximum absolute atomic E-state index is 13.3. The lowest BCUT2D eigenvalue weighted by Gasteiger charge is -2.35. The highest BCUT2D eigenvalue weighted by molar-refractivity contribution is 7.89. The predicted molar refractivity (Wildman–Crippen MR) is 100 cm³/mol. The lowest BCUT2D eigenvalue weighted by molar-refractivity contribution is -0.384. The van der Waals surface area contributed by atoms with Crippen LogP contribution in [0.4, 0.5) is 15.8 Å². The highest BCUT2D eigenvalue weighted by atomic mass is 35.5. The smallest absolute Gasteiger partial charge is 0.292 e. The number of benzene rings is 2. The van der Waals surface area contributed by atoms with Crippen molar-refractivity contribution in [2.24, 2.45) is 0 Å². The summed E-state index contributed by atoms with van der Waals surface area (Å²) in [6.45, 7) is 0.546. The van der Waals surface area contributed by atoms with Gasteiger partial charge in [-0.3, -0.25) is 10.1 Å². The lowest BCUT2D eigenvalue weighted by Crippen LogP contribution is -2.48. The molecule has 0 atom stereocenters. The minimum Gasteiger partial charge on any atom is -0.363 e. The molecule has 146 valence electrons. The van der Waals surface area contributed by atoms with Gasteiger partial charge in [0, 0.05) is 32.2 Å². The van der Waals surface area contributed by atoms with Crippen molar-refractivity contribution in [1.29, 1.82) is 5.26 Å². The summed E-state index contributed by atoms with van der Waals surface area (Å²) in [7, 11) is -3.88. The van der Waals surface area contributed by atoms with Gasteiger partial charge in [-0.25, -0.2) is 12.8 Å². The fraction of sp³-hybridized carbons (Fsp3) is 0.235. The van der Waals surface area contributed by atoms with E-state index in [4.69, 9.17) is 16.9 Å². The SMILES string of the molecule is N#Cc1ccc([N+](=O)[O-])c(N2CCN(S(=O)(=O)c3ccc(F)c(Cl)c3)CC2)c1. The minimum absolute atomic E-state index is 0.0747. The van der Waals surface area contributed by atoms with Crippen LogP contribution in [0.1, 0.15) is 5.56 Å². The monoisotopic (exact) mass is 424 g/mol. The Morgan fingerprint density at radius 3 is 2.39 bits per heavy atom. The summed E-state index contributed by atoms with van der Waals surface area (Å²) < 4.78 is 40.0. The van der Waals surface area contributed by atoms with Crippen molar-refractivity contribution in [2.45, 2.75) is 4.90 Å². The average Bonchev–Trinajstić information content (AvgIpc) is 2.69. The number of hydrogen-bond acceptors (Lipinski definition) is 6. The van der Waals surface area contributed by atoms with E-state index in [2.05, 4.69) is 0 Å². The van der Waals surface area contributed by atoms with Gasteiger partial charge in [-0.1, -0.05) is 11.6 Å². The van der Waals surface area contributed by atoms with Crippen molar-refractivity contribution < 1.29 is 17.7 Å². The first-order valence-electron chi connectivity index (χ1n) is 8.12. The molecular formula is C17H14ClFN4O4S. The Morgan fingerprint density at radius 2 is 1.82 bits per heavy atom. The van der Waals surface area contributed by atoms with E-state index in [9.17, 15) is 22.9 Å². The third-order valence-electron chi connectivity index (χ3n) is 4.41. The van der Waals surface area contributed by atoms with Crippen LogP contribution in [-0.2, 0) is 10.0 Å². The van der Waals surface area contributed by atoms with E-state index < -0.39 is 20.8 Å². The van der Waals surface area contributed by atoms with Gasteiger partial charge in [0.15, 0.2) is 0 Å². The molecule has 1 heterocycles. The number of piperazine rings is 1. The van der Waals surface area contributed by atoms with Gasteiger partial charge in [0.05, 0.1) is 26.5 Å². The van der Waals surface area contributed by atoms with Crippen molar-refractivity contribution in [3.05, 3.63) is 62.9 Å². The Morgan fingerprint density at radius 1 is 1.14 bits per heavy atom. The molecule has 0 bridgehead atoms. The zero-order valence-corrected chi connectivity index (χ0v) is 16.0. The first-order valence-corrected chi connectivity index (χ1v) is 9.94. The van der Waals surface area contributed by atoms with Crippen LogP contribution in [0.15, 0.2) is 41.3 Å². The number of nitro benzene ring substituents is 1. The number of halogens is 2. The zero-order chi connectivity index (χ0) is 20.5. The van der Waals surface area contributed by atoms with Crippen molar-refractivity contribution in [1.82, 2.24) is 4.31 Å². The largest absolute Gasteiger partial charge is 0.363 e. The third-order valence-corrected chi connectivity index (χ3v) is 6.59. The maximum Gasteiger partial charge on any atom is 0.292 e. The topological polar surface area (TPSA) is 108 Å². The highest BCUT2D eigenvalue weighted by Gasteiger charge is 2.31. The molecule has 0 aliphatic carbocycles. The predicted octanol–water partition coefficient (Wildman–Crippen LogP) is 2.77. The average molecular weight is 425 g/mol. The van der Waals surface area contributed by atoms with Crippen LogP contribution in [0.25, 0.3) is 0 Å². The molecule has 0 saturated carbocycles. The van der Waals surface area contributed by atoms with Gasteiger partial charge < -0.3 is 4.90 Å². The summed E-state index contributed by atoms with van der Waals surface area (Å²) in [5.41, 5.74) is 0.392. The summed E-state index contributed by atoms with van der Waals surface area (Å²) in [4.78, 5) is 12.3. The molecule has 1 fully saturated rings. The molecule has 0 aromatic heterocycles. The molecule has 8 nitrogen and oxygen atoms in total. The number of hydrogen-bond donors (Lipinski definition) is 0. The quantitative estimate of drug-likeness (QED) is 0.551. The molecule has 28 heavy (non-hydrogen) atoms. The zero-order valence-electron chi connectivity index (χ0n) is 14.4. The fourth-order valence-corrected chi connectivity index (χ4v) is 4.65. The first kappa shape index (κ1) is 20.0. The van der Waals surface area contributed by atoms with E-state index in [0.29, 0.717) is 0 Å². The molecule has 0 spiro atoms. The second kappa shape index (κ2) is 7.71. The summed E-state index contributed by atoms with van der Waals surface area (Å²) in [6.07, 6.45) is 0. The van der Waals surface area contributed by atoms with Crippen LogP contribution in [-0.4, -0.2) is 43.8 Å². The van der Waals surface area contributed by atoms with Gasteiger partial charge in [0.25, 0.3) is 5.69 Å². The van der Waals surface area contributed by atoms with E-state index in [1.807, 2.05) is 6.07 Å². The van der Waals surface area contributed by atoms with Gasteiger partial charge in [-0.2, -0.15) is 9.57 Å². The lowest BCUT2D eigenvalue weighted by atomic mass is 10.1. The van der Waals surface area contributed by atoms with E-state index in [-0.39, 0.29) is 53.0 Å². The normalized spacial score (nSPS) is 15.2. The second-order valence-corrected chi connectivity index (χ2v) is 8.38. The molecule has 0 amide bonds. The van der Waals surface area contributed by atoms with Crippen molar-refractivity contribution >= 4 is 33.0 Å². The van der Waals surface area contributed by atoms with Gasteiger partial charge in [-0.15, -0.1) is 0 Å². The van der Waals surface area contributed by atoms with E-state index in [1.165, 1.54) is 22.5 Å². The summed E-state index contributed by atoms with van der Waals surface area (Å²) in [6, 6.07) is 9.17. The van der Waals surface area contributed by atoms with Gasteiger partial charge in [0.1, 0.15) is 11.5 Å². The molecule has 2 aromatic carbocycles. The van der Waals surface area contributed by atoms with Crippen LogP contribution in [0.2, 0.25) is 5.02 Å². The number of nitro groups is 1. The molecule has 1 aliphatic rings. The number of nitriles is 1. The van der Waals surface area contributed by atoms with Crippen molar-refractivity contribution in [2.75, 3.05) is 31.1 Å². The van der Waals surface area contributed by atoms with Crippen molar-refractivity contribution in [3.8, 4) is 6.07 Å². The minimum atomic E-state index is -3.88. The molecule has 1 aliphatic heterocycles. The third kappa shape index (κ3) is 3.77. The summed E-state index contributed by atoms with van der Waals surface area (Å²) >= 11 is 5.68. The van der Waals surface area contributed by atoms with Crippen LogP contribution in [0.5, 0.6) is 0 Å². The van der Waals surface area contributed by atoms with Gasteiger partial charge in [-0.05, 0) is 30.3 Å². The molecule has 11 heteroatoms. The molecule has 1 saturated heterocycles. The van der Waals surface area contributed by atoms with Gasteiger partial charge in [0.2, 0.25) is 10.0 Å². The Hall–Kier alpha value is -2.74. The van der Waals surface area contributed by atoms with Gasteiger partial charge >= 0.3 is 0 Å². The van der Waals surface area contributed by atoms with Crippen LogP contribution in [0.3, 0.4) is 0 Å². The summed E-state index contributed by atoms with van der Waals surface area (Å²) in [5, 5.41) is 20.0. The number of sulfonamides is 1. The number of anilines is 1. The van der Waals surface area contributed by atoms with E-state index in [0.717, 1.165) is 18.2 Å². The highest BCUT2D eigenvalue weighted by Crippen LogP contribution is 2.31. The van der Waals surface area contributed by atoms with Crippen LogP contribution in [0, 0.1) is 27.3 Å². The van der Waals surface area contributed by atoms with E-state index >= 15 is 0 Å². The Kier molecular flexibility index (Phi) is 5.51. The number of rotatable bonds is 4. The Bertz CT molecular complexity index is 1080. The molecule has 0 radical (unpaired) electrons. The van der Waals surface area contributed by atoms with E-state index in [1.54, 1.807) is 4.90 Å². The van der Waals surface area contributed by atoms with Crippen LogP contribution < -0.4 is 4.90 Å². The Balaban J connectivity index is 1.82. The standard InChI is InChI=1S/C17H14ClFN4O4S/c18-14-10-13(2-3-15(14)19)28(26,27)22-7-5-21(6-8-22)17-9-12(11-20)1-4-16(17)23(24)25/h1-4,9-10H,5-8H2. The molecule has 0 unspecified atom stereocenters. The Labute approximate surface area is 165 Å². The molecule has 3 rings (SSSR count). The first-order chi connectivity index (χ1) is 13.2. The van der Waals surface area contributed by atoms with Crippen LogP contribution >= 0.6 is 11.6 Å². The fourth-order valence-electron chi connectivity index (χ4n) is 2.96. The summed E-state index contributed by atoms with van der Waals surface area (Å²) in [5.74, 6) is -0.713. The molecule has 2 aromatic rings. The second-order valence-electron chi connectivity index (χ2n) is 6.04. The molecular weight excluding hydrogens is 411 g/mol.